The summed E-state index contributed by atoms with van der Waals surface area (Å²) in [4.78, 5) is 13.4. The second-order valence-corrected chi connectivity index (χ2v) is 12.2. The van der Waals surface area contributed by atoms with Gasteiger partial charge in [-0.25, -0.2) is 4.39 Å². The summed E-state index contributed by atoms with van der Waals surface area (Å²) < 4.78 is 35.4. The van der Waals surface area contributed by atoms with Crippen LogP contribution >= 0.6 is 35.5 Å². The van der Waals surface area contributed by atoms with E-state index in [2.05, 4.69) is 16.0 Å². The maximum absolute atomic E-state index is 13.4. The minimum atomic E-state index is -1.43. The third-order valence-corrected chi connectivity index (χ3v) is 8.67. The van der Waals surface area contributed by atoms with Gasteiger partial charge in [0.05, 0.1) is 17.5 Å². The Hall–Kier alpha value is -0.740. The highest BCUT2D eigenvalue weighted by Crippen LogP contribution is 2.31. The number of hydrogen-bond donors (Lipinski definition) is 6. The van der Waals surface area contributed by atoms with Crippen LogP contribution in [0.15, 0.2) is 24.3 Å². The molecule has 3 saturated heterocycles. The molecule has 0 bridgehead atoms. The third-order valence-electron chi connectivity index (χ3n) is 7.54. The number of benzene rings is 1. The van der Waals surface area contributed by atoms with Crippen molar-refractivity contribution < 1.29 is 37.9 Å². The van der Waals surface area contributed by atoms with E-state index in [4.69, 9.17) is 21.1 Å². The molecule has 3 unspecified atom stereocenters. The van der Waals surface area contributed by atoms with Gasteiger partial charge in [0, 0.05) is 50.1 Å². The molecule has 0 radical (unpaired) electrons. The Morgan fingerprint density at radius 1 is 1.20 bits per heavy atom. The van der Waals surface area contributed by atoms with Gasteiger partial charge in [-0.1, -0.05) is 12.1 Å². The van der Waals surface area contributed by atoms with E-state index < -0.39 is 47.3 Å². The van der Waals surface area contributed by atoms with Crippen molar-refractivity contribution in [2.75, 3.05) is 25.7 Å². The van der Waals surface area contributed by atoms with E-state index in [0.717, 1.165) is 18.4 Å². The highest BCUT2D eigenvalue weighted by molar-refractivity contribution is 7.99. The lowest BCUT2D eigenvalue weighted by Gasteiger charge is -2.44. The van der Waals surface area contributed by atoms with Gasteiger partial charge in [-0.05, 0) is 43.7 Å². The highest BCUT2D eigenvalue weighted by Gasteiger charge is 2.49. The second kappa shape index (κ2) is 16.2. The zero-order valence-electron chi connectivity index (χ0n) is 22.7. The van der Waals surface area contributed by atoms with E-state index in [1.165, 1.54) is 30.2 Å². The third kappa shape index (κ3) is 8.65. The molecule has 40 heavy (non-hydrogen) atoms. The molecule has 0 saturated carbocycles. The van der Waals surface area contributed by atoms with Gasteiger partial charge in [0.2, 0.25) is 5.91 Å². The lowest BCUT2D eigenvalue weighted by Crippen LogP contribution is -2.65. The number of fused-ring (bicyclic) bond motifs is 1. The van der Waals surface area contributed by atoms with Crippen LogP contribution in [0, 0.1) is 11.7 Å². The van der Waals surface area contributed by atoms with Gasteiger partial charge in [0.25, 0.3) is 0 Å². The number of carbonyl (C=O) groups is 1. The van der Waals surface area contributed by atoms with Crippen molar-refractivity contribution in [2.24, 2.45) is 5.92 Å². The van der Waals surface area contributed by atoms with Crippen LogP contribution in [0.1, 0.15) is 25.3 Å². The number of nitrogens with one attached hydrogen (secondary N) is 3. The standard InChI is InChI=1S/C25H37ClFN3O6S.CH3FS/c1-12(26)17(23-20(32)19(31)21(33)25(36-23)37-2)30-24(34)18-22-14(11-29-18)9-16(7-8-35-22)28-10-13-3-5-15(27)6-4-13;1-3-2/h3-6,12,14,16-23,25,28-29,31-33H,7-11H2,1-2H3,(H,30,34);1H3/t12-,14-,16?,17+,18-,19+,20?,21+,22+,23+,25?;/m0./s1. The van der Waals surface area contributed by atoms with E-state index in [1.54, 1.807) is 25.3 Å². The molecule has 228 valence electrons. The molecule has 1 amide bonds. The lowest BCUT2D eigenvalue weighted by molar-refractivity contribution is -0.205. The van der Waals surface area contributed by atoms with Crippen LogP contribution in [-0.2, 0) is 20.8 Å². The minimum absolute atomic E-state index is 0.116. The molecule has 3 aliphatic rings. The lowest BCUT2D eigenvalue weighted by atomic mass is 9.92. The molecule has 9 nitrogen and oxygen atoms in total. The molecule has 1 aromatic rings. The van der Waals surface area contributed by atoms with Crippen molar-refractivity contribution in [1.29, 1.82) is 0 Å². The predicted molar refractivity (Wildman–Crippen MR) is 153 cm³/mol. The maximum atomic E-state index is 13.4. The Kier molecular flexibility index (Phi) is 13.7. The predicted octanol–water partition coefficient (Wildman–Crippen LogP) is 1.57. The smallest absolute Gasteiger partial charge is 0.240 e. The summed E-state index contributed by atoms with van der Waals surface area (Å²) in [5.74, 6) is -0.464. The molecular weight excluding hydrogens is 588 g/mol. The van der Waals surface area contributed by atoms with E-state index in [1.807, 2.05) is 0 Å². The number of thioether (sulfide) groups is 1. The summed E-state index contributed by atoms with van der Waals surface area (Å²) in [6.45, 7) is 3.41. The van der Waals surface area contributed by atoms with Gasteiger partial charge in [-0.15, -0.1) is 23.4 Å². The van der Waals surface area contributed by atoms with Crippen molar-refractivity contribution in [3.8, 4) is 0 Å². The van der Waals surface area contributed by atoms with Gasteiger partial charge in [0.1, 0.15) is 41.7 Å². The summed E-state index contributed by atoms with van der Waals surface area (Å²) in [5, 5.41) is 40.2. The van der Waals surface area contributed by atoms with Crippen molar-refractivity contribution in [3.63, 3.8) is 0 Å². The van der Waals surface area contributed by atoms with E-state index in [0.29, 0.717) is 19.7 Å². The summed E-state index contributed by atoms with van der Waals surface area (Å²) in [6, 6.07) is 5.20. The first kappa shape index (κ1) is 33.8. The van der Waals surface area contributed by atoms with Crippen LogP contribution in [0.5, 0.6) is 0 Å². The van der Waals surface area contributed by atoms with Gasteiger partial charge in [0.15, 0.2) is 0 Å². The van der Waals surface area contributed by atoms with Crippen molar-refractivity contribution in [1.82, 2.24) is 16.0 Å². The zero-order chi connectivity index (χ0) is 29.4. The molecule has 0 spiro atoms. The second-order valence-electron chi connectivity index (χ2n) is 10.3. The number of ether oxygens (including phenoxy) is 2. The quantitative estimate of drug-likeness (QED) is 0.236. The number of carbonyl (C=O) groups excluding carboxylic acids is 1. The van der Waals surface area contributed by atoms with Gasteiger partial charge < -0.3 is 40.7 Å². The minimum Gasteiger partial charge on any atom is -0.388 e. The zero-order valence-corrected chi connectivity index (χ0v) is 25.1. The fourth-order valence-electron chi connectivity index (χ4n) is 5.43. The molecule has 0 aliphatic carbocycles. The number of halogens is 3. The molecule has 6 N–H and O–H groups in total. The van der Waals surface area contributed by atoms with Crippen molar-refractivity contribution in [3.05, 3.63) is 35.6 Å². The maximum Gasteiger partial charge on any atom is 0.240 e. The van der Waals surface area contributed by atoms with Crippen molar-refractivity contribution >= 4 is 41.4 Å². The average Bonchev–Trinajstić information content (AvgIpc) is 3.21. The first-order chi connectivity index (χ1) is 19.1. The fraction of sp³-hybridized carbons (Fsp3) is 0.731. The Morgan fingerprint density at radius 3 is 2.50 bits per heavy atom. The molecule has 3 heterocycles. The molecular formula is C26H40ClF2N3O6S2. The topological polar surface area (TPSA) is 132 Å². The number of rotatable bonds is 8. The van der Waals surface area contributed by atoms with E-state index >= 15 is 0 Å². The molecule has 0 aromatic heterocycles. The largest absolute Gasteiger partial charge is 0.388 e. The molecule has 11 atom stereocenters. The molecule has 3 aliphatic heterocycles. The van der Waals surface area contributed by atoms with Crippen LogP contribution in [0.2, 0.25) is 0 Å². The van der Waals surface area contributed by atoms with E-state index in [9.17, 15) is 28.4 Å². The fourth-order valence-corrected chi connectivity index (χ4v) is 6.32. The normalized spacial score (nSPS) is 35.5. The van der Waals surface area contributed by atoms with Crippen LogP contribution in [0.4, 0.5) is 8.28 Å². The van der Waals surface area contributed by atoms with E-state index in [-0.39, 0.29) is 41.9 Å². The van der Waals surface area contributed by atoms with Crippen LogP contribution < -0.4 is 16.0 Å². The summed E-state index contributed by atoms with van der Waals surface area (Å²) in [5.41, 5.74) is 0.233. The number of aliphatic hydroxyl groups excluding tert-OH is 3. The number of aliphatic hydroxyl groups is 3. The first-order valence-corrected chi connectivity index (χ1v) is 16.1. The monoisotopic (exact) mass is 627 g/mol. The molecule has 4 rings (SSSR count). The van der Waals surface area contributed by atoms with Gasteiger partial charge in [-0.3, -0.25) is 4.79 Å². The Balaban J connectivity index is 0.00000141. The van der Waals surface area contributed by atoms with Crippen molar-refractivity contribution in [2.45, 2.75) is 85.8 Å². The van der Waals surface area contributed by atoms with Crippen LogP contribution in [0.3, 0.4) is 0 Å². The molecule has 14 heteroatoms. The first-order valence-electron chi connectivity index (χ1n) is 13.3. The Labute approximate surface area is 247 Å². The number of amides is 1. The summed E-state index contributed by atoms with van der Waals surface area (Å²) in [6.07, 6.45) is -0.720. The number of alkyl halides is 1. The summed E-state index contributed by atoms with van der Waals surface area (Å²) in [7, 11) is 0. The molecule has 1 aromatic carbocycles. The Bertz CT molecular complexity index is 925. The van der Waals surface area contributed by atoms with Crippen LogP contribution in [0.25, 0.3) is 0 Å². The SMILES string of the molecule is CSC1O[C@H]([C@H](NC(=O)[C@H]2NC[C@@H]3CC(NCc4ccc(F)cc4)CCO[C@H]32)[C@H](C)Cl)C(O)[C@@H](O)[C@H]1O.CSF. The average molecular weight is 628 g/mol. The highest BCUT2D eigenvalue weighted by atomic mass is 35.5. The Morgan fingerprint density at radius 2 is 1.88 bits per heavy atom. The van der Waals surface area contributed by atoms with Gasteiger partial charge in [-0.2, -0.15) is 3.89 Å². The van der Waals surface area contributed by atoms with Gasteiger partial charge >= 0.3 is 0 Å². The van der Waals surface area contributed by atoms with Crippen LogP contribution in [-0.4, -0.2) is 106 Å². The summed E-state index contributed by atoms with van der Waals surface area (Å²) >= 11 is 7.86. The number of hydrogen-bond acceptors (Lipinski definition) is 10. The molecule has 3 fully saturated rings.